The number of nitrogens with zero attached hydrogens (tertiary/aromatic N) is 4. The molecule has 5 rings (SSSR count). The van der Waals surface area contributed by atoms with Gasteiger partial charge in [-0.25, -0.2) is 4.98 Å². The average molecular weight is 446 g/mol. The van der Waals surface area contributed by atoms with E-state index in [1.54, 1.807) is 6.20 Å². The Morgan fingerprint density at radius 1 is 1.09 bits per heavy atom. The van der Waals surface area contributed by atoms with Crippen LogP contribution < -0.4 is 5.32 Å². The van der Waals surface area contributed by atoms with Crippen LogP contribution in [-0.4, -0.2) is 25.5 Å². The number of aromatic nitrogens is 4. The number of carbonyl (C=O) groups is 1. The molecule has 2 aromatic heterocycles. The van der Waals surface area contributed by atoms with Gasteiger partial charge in [0.05, 0.1) is 11.9 Å². The second kappa shape index (κ2) is 8.71. The van der Waals surface area contributed by atoms with Crippen LogP contribution in [0.5, 0.6) is 0 Å². The molecule has 1 N–H and O–H groups in total. The van der Waals surface area contributed by atoms with E-state index in [0.717, 1.165) is 35.4 Å². The molecule has 2 aromatic carbocycles. The van der Waals surface area contributed by atoms with Crippen molar-refractivity contribution in [3.8, 4) is 11.1 Å². The standard InChI is InChI=1S/C25H24ClN5O/c1-16-21(18-9-5-10-19(26)13-18)11-6-12-22(16)24(32)28-20-14-27-25-30-29-23(31(25)15-20)17-7-3-2-4-8-17/h5-6,9-15,17H,2-4,7-8H2,1H3,(H,28,32). The number of benzene rings is 2. The van der Waals surface area contributed by atoms with Crippen LogP contribution in [-0.2, 0) is 0 Å². The lowest BCUT2D eigenvalue weighted by Gasteiger charge is -2.19. The first kappa shape index (κ1) is 20.6. The van der Waals surface area contributed by atoms with Gasteiger partial charge in [0.15, 0.2) is 0 Å². The number of anilines is 1. The molecular formula is C25H24ClN5O. The zero-order chi connectivity index (χ0) is 22.1. The molecular weight excluding hydrogens is 422 g/mol. The molecule has 0 unspecified atom stereocenters. The smallest absolute Gasteiger partial charge is 0.256 e. The molecule has 0 atom stereocenters. The minimum Gasteiger partial charge on any atom is -0.319 e. The van der Waals surface area contributed by atoms with E-state index >= 15 is 0 Å². The Bertz CT molecular complexity index is 1290. The largest absolute Gasteiger partial charge is 0.319 e. The van der Waals surface area contributed by atoms with Crippen molar-refractivity contribution in [3.63, 3.8) is 0 Å². The molecule has 162 valence electrons. The molecule has 7 heteroatoms. The zero-order valence-electron chi connectivity index (χ0n) is 17.9. The molecule has 1 amide bonds. The van der Waals surface area contributed by atoms with Gasteiger partial charge in [-0.15, -0.1) is 10.2 Å². The van der Waals surface area contributed by atoms with E-state index in [9.17, 15) is 4.79 Å². The Morgan fingerprint density at radius 3 is 2.72 bits per heavy atom. The van der Waals surface area contributed by atoms with Crippen molar-refractivity contribution in [2.24, 2.45) is 0 Å². The maximum atomic E-state index is 13.1. The highest BCUT2D eigenvalue weighted by Gasteiger charge is 2.21. The van der Waals surface area contributed by atoms with E-state index in [-0.39, 0.29) is 5.91 Å². The summed E-state index contributed by atoms with van der Waals surface area (Å²) in [7, 11) is 0. The summed E-state index contributed by atoms with van der Waals surface area (Å²) in [6, 6.07) is 13.4. The lowest BCUT2D eigenvalue weighted by Crippen LogP contribution is -2.15. The Balaban J connectivity index is 1.43. The molecule has 0 radical (unpaired) electrons. The van der Waals surface area contributed by atoms with E-state index in [2.05, 4.69) is 20.5 Å². The van der Waals surface area contributed by atoms with Gasteiger partial charge >= 0.3 is 0 Å². The van der Waals surface area contributed by atoms with Crippen molar-refractivity contribution < 1.29 is 4.79 Å². The summed E-state index contributed by atoms with van der Waals surface area (Å²) in [6.45, 7) is 1.95. The van der Waals surface area contributed by atoms with Gasteiger partial charge in [-0.1, -0.05) is 55.1 Å². The van der Waals surface area contributed by atoms with Crippen LogP contribution in [0.3, 0.4) is 0 Å². The molecule has 0 spiro atoms. The Labute approximate surface area is 191 Å². The van der Waals surface area contributed by atoms with Gasteiger partial charge in [0.25, 0.3) is 11.7 Å². The van der Waals surface area contributed by atoms with Crippen LogP contribution in [0.15, 0.2) is 54.9 Å². The summed E-state index contributed by atoms with van der Waals surface area (Å²) < 4.78 is 1.92. The summed E-state index contributed by atoms with van der Waals surface area (Å²) >= 11 is 6.17. The summed E-state index contributed by atoms with van der Waals surface area (Å²) in [6.07, 6.45) is 9.44. The highest BCUT2D eigenvalue weighted by atomic mass is 35.5. The Hall–Kier alpha value is -3.25. The van der Waals surface area contributed by atoms with E-state index in [4.69, 9.17) is 11.6 Å². The molecule has 1 aliphatic carbocycles. The van der Waals surface area contributed by atoms with Crippen molar-refractivity contribution in [1.29, 1.82) is 0 Å². The fraction of sp³-hybridized carbons (Fsp3) is 0.280. The van der Waals surface area contributed by atoms with Gasteiger partial charge in [-0.3, -0.25) is 9.20 Å². The highest BCUT2D eigenvalue weighted by molar-refractivity contribution is 6.30. The van der Waals surface area contributed by atoms with Crippen LogP contribution in [0, 0.1) is 6.92 Å². The third-order valence-electron chi connectivity index (χ3n) is 6.23. The lowest BCUT2D eigenvalue weighted by molar-refractivity contribution is 0.102. The van der Waals surface area contributed by atoms with E-state index in [1.807, 2.05) is 60.0 Å². The van der Waals surface area contributed by atoms with Crippen LogP contribution in [0.4, 0.5) is 5.69 Å². The minimum atomic E-state index is -0.181. The topological polar surface area (TPSA) is 72.2 Å². The predicted octanol–water partition coefficient (Wildman–Crippen LogP) is 6.05. The molecule has 6 nitrogen and oxygen atoms in total. The molecule has 4 aromatic rings. The van der Waals surface area contributed by atoms with Gasteiger partial charge in [-0.2, -0.15) is 0 Å². The van der Waals surface area contributed by atoms with Crippen LogP contribution in [0.1, 0.15) is 59.8 Å². The third kappa shape index (κ3) is 3.98. The fourth-order valence-electron chi connectivity index (χ4n) is 4.56. The maximum absolute atomic E-state index is 13.1. The molecule has 2 heterocycles. The summed E-state index contributed by atoms with van der Waals surface area (Å²) in [5, 5.41) is 12.3. The lowest BCUT2D eigenvalue weighted by atomic mass is 9.89. The van der Waals surface area contributed by atoms with Gasteiger partial charge in [-0.05, 0) is 54.7 Å². The van der Waals surface area contributed by atoms with E-state index in [0.29, 0.717) is 28.0 Å². The van der Waals surface area contributed by atoms with Gasteiger partial charge in [0, 0.05) is 22.7 Å². The quantitative estimate of drug-likeness (QED) is 0.414. The zero-order valence-corrected chi connectivity index (χ0v) is 18.6. The molecule has 0 aliphatic heterocycles. The molecule has 1 aliphatic rings. The van der Waals surface area contributed by atoms with Crippen molar-refractivity contribution in [1.82, 2.24) is 19.6 Å². The maximum Gasteiger partial charge on any atom is 0.256 e. The van der Waals surface area contributed by atoms with Crippen LogP contribution >= 0.6 is 11.6 Å². The van der Waals surface area contributed by atoms with E-state index in [1.165, 1.54) is 19.3 Å². The van der Waals surface area contributed by atoms with Gasteiger partial charge < -0.3 is 5.32 Å². The number of hydrogen-bond acceptors (Lipinski definition) is 4. The summed E-state index contributed by atoms with van der Waals surface area (Å²) in [5.74, 6) is 1.70. The van der Waals surface area contributed by atoms with Gasteiger partial charge in [0.1, 0.15) is 5.82 Å². The highest BCUT2D eigenvalue weighted by Crippen LogP contribution is 2.32. The van der Waals surface area contributed by atoms with Crippen molar-refractivity contribution in [3.05, 3.63) is 76.8 Å². The second-order valence-electron chi connectivity index (χ2n) is 8.35. The number of fused-ring (bicyclic) bond motifs is 1. The molecule has 0 bridgehead atoms. The molecule has 32 heavy (non-hydrogen) atoms. The van der Waals surface area contributed by atoms with E-state index < -0.39 is 0 Å². The number of nitrogens with one attached hydrogen (secondary N) is 1. The molecule has 1 fully saturated rings. The van der Waals surface area contributed by atoms with Crippen LogP contribution in [0.2, 0.25) is 5.02 Å². The number of rotatable bonds is 4. The molecule has 1 saturated carbocycles. The number of hydrogen-bond donors (Lipinski definition) is 1. The second-order valence-corrected chi connectivity index (χ2v) is 8.78. The Morgan fingerprint density at radius 2 is 1.91 bits per heavy atom. The summed E-state index contributed by atoms with van der Waals surface area (Å²) in [4.78, 5) is 17.5. The first-order chi connectivity index (χ1) is 15.6. The summed E-state index contributed by atoms with van der Waals surface area (Å²) in [5.41, 5.74) is 4.08. The number of amides is 1. The monoisotopic (exact) mass is 445 g/mol. The average Bonchev–Trinajstić information content (AvgIpc) is 3.23. The number of carbonyl (C=O) groups excluding carboxylic acids is 1. The van der Waals surface area contributed by atoms with Crippen LogP contribution in [0.25, 0.3) is 16.9 Å². The minimum absolute atomic E-state index is 0.181. The third-order valence-corrected chi connectivity index (χ3v) is 6.47. The van der Waals surface area contributed by atoms with Crippen molar-refractivity contribution >= 4 is 29.0 Å². The fourth-order valence-corrected chi connectivity index (χ4v) is 4.75. The number of halogens is 1. The first-order valence-corrected chi connectivity index (χ1v) is 11.4. The van der Waals surface area contributed by atoms with Gasteiger partial charge in [0.2, 0.25) is 0 Å². The Kier molecular flexibility index (Phi) is 5.62. The van der Waals surface area contributed by atoms with Crippen molar-refractivity contribution in [2.45, 2.75) is 44.9 Å². The molecule has 0 saturated heterocycles. The van der Waals surface area contributed by atoms with Crippen molar-refractivity contribution in [2.75, 3.05) is 5.32 Å². The first-order valence-electron chi connectivity index (χ1n) is 11.0. The predicted molar refractivity (Wildman–Crippen MR) is 126 cm³/mol. The SMILES string of the molecule is Cc1c(C(=O)Nc2cnc3nnc(C4CCCCC4)n3c2)cccc1-c1cccc(Cl)c1. The normalized spacial score (nSPS) is 14.6.